The lowest BCUT2D eigenvalue weighted by Crippen LogP contribution is -2.16. The highest BCUT2D eigenvalue weighted by molar-refractivity contribution is 7.91. The zero-order valence-electron chi connectivity index (χ0n) is 14.2. The highest BCUT2D eigenvalue weighted by Crippen LogP contribution is 2.31. The van der Waals surface area contributed by atoms with E-state index in [1.807, 2.05) is 0 Å². The van der Waals surface area contributed by atoms with E-state index in [1.165, 1.54) is 0 Å². The Morgan fingerprint density at radius 3 is 2.03 bits per heavy atom. The van der Waals surface area contributed by atoms with Gasteiger partial charge in [-0.3, -0.25) is 9.11 Å². The van der Waals surface area contributed by atoms with Gasteiger partial charge >= 0.3 is 10.4 Å². The molecule has 0 bridgehead atoms. The van der Waals surface area contributed by atoms with Crippen molar-refractivity contribution >= 4 is 76.8 Å². The summed E-state index contributed by atoms with van der Waals surface area (Å²) in [5.74, 6) is -1.23. The first-order valence-electron chi connectivity index (χ1n) is 7.22. The third-order valence-corrected chi connectivity index (χ3v) is 7.32. The van der Waals surface area contributed by atoms with Gasteiger partial charge in [0.15, 0.2) is 20.1 Å². The lowest BCUT2D eigenvalue weighted by atomic mass is 10.3. The maximum atomic E-state index is 12.3. The summed E-state index contributed by atoms with van der Waals surface area (Å²) in [7, 11) is -14.1. The third-order valence-electron chi connectivity index (χ3n) is 3.19. The van der Waals surface area contributed by atoms with E-state index in [0.29, 0.717) is 6.07 Å². The van der Waals surface area contributed by atoms with Crippen molar-refractivity contribution in [1.29, 1.82) is 0 Å². The second kappa shape index (κ2) is 9.05. The second-order valence-electron chi connectivity index (χ2n) is 5.27. The molecule has 1 aromatic carbocycles. The van der Waals surface area contributed by atoms with Crippen molar-refractivity contribution < 1.29 is 38.5 Å². The molecular weight excluding hydrogens is 533 g/mol. The lowest BCUT2D eigenvalue weighted by molar-refractivity contribution is 0.284. The van der Waals surface area contributed by atoms with Gasteiger partial charge in [-0.25, -0.2) is 12.6 Å². The molecule has 0 aliphatic heterocycles. The molecule has 0 aliphatic carbocycles. The Morgan fingerprint density at radius 1 is 0.967 bits per heavy atom. The molecule has 0 saturated heterocycles. The zero-order chi connectivity index (χ0) is 22.9. The summed E-state index contributed by atoms with van der Waals surface area (Å²) in [6, 6.07) is 2.54. The fraction of sp³-hybridized carbons (Fsp3) is 0.167. The first kappa shape index (κ1) is 25.0. The van der Waals surface area contributed by atoms with Crippen LogP contribution in [0.4, 0.5) is 11.6 Å². The van der Waals surface area contributed by atoms with E-state index in [1.54, 1.807) is 0 Å². The van der Waals surface area contributed by atoms with Gasteiger partial charge in [0.05, 0.1) is 22.9 Å². The van der Waals surface area contributed by atoms with Crippen LogP contribution in [0.3, 0.4) is 0 Å². The molecule has 0 saturated carbocycles. The van der Waals surface area contributed by atoms with Crippen LogP contribution < -0.4 is 5.32 Å². The number of anilines is 2. The van der Waals surface area contributed by atoms with Gasteiger partial charge in [0.25, 0.3) is 10.1 Å². The summed E-state index contributed by atoms with van der Waals surface area (Å²) in [5.41, 5.74) is -0.333. The average molecular weight is 543 g/mol. The van der Waals surface area contributed by atoms with E-state index in [4.69, 9.17) is 39.4 Å². The Balaban J connectivity index is 2.43. The minimum atomic E-state index is -4.95. The van der Waals surface area contributed by atoms with Crippen molar-refractivity contribution in [3.8, 4) is 0 Å². The monoisotopic (exact) mass is 541 g/mol. The number of halogens is 3. The molecule has 0 amide bonds. The molecule has 3 N–H and O–H groups in total. The maximum absolute atomic E-state index is 12.3. The summed E-state index contributed by atoms with van der Waals surface area (Å²) in [6.45, 7) is -0.933. The van der Waals surface area contributed by atoms with Crippen molar-refractivity contribution in [1.82, 2.24) is 9.97 Å². The van der Waals surface area contributed by atoms with E-state index in [0.717, 1.165) is 12.1 Å². The predicted molar refractivity (Wildman–Crippen MR) is 106 cm³/mol. The number of hydrogen-bond donors (Lipinski definition) is 3. The quantitative estimate of drug-likeness (QED) is 0.325. The second-order valence-corrected chi connectivity index (χ2v) is 11.0. The normalized spacial score (nSPS) is 12.7. The molecule has 2 aromatic rings. The van der Waals surface area contributed by atoms with Gasteiger partial charge in [0.2, 0.25) is 5.95 Å². The Hall–Kier alpha value is -1.30. The van der Waals surface area contributed by atoms with E-state index in [-0.39, 0.29) is 27.0 Å². The molecule has 0 aliphatic rings. The Morgan fingerprint density at radius 2 is 1.53 bits per heavy atom. The van der Waals surface area contributed by atoms with Crippen molar-refractivity contribution in [2.24, 2.45) is 0 Å². The molecule has 0 spiro atoms. The van der Waals surface area contributed by atoms with Gasteiger partial charge in [-0.2, -0.15) is 26.8 Å². The standard InChI is InChI=1S/C12H10Cl3N3O9S3/c13-9-10(14)17-12(18-11(9)15)16-7-2-1-6(5-8(7)29(21,22)23)28(19,20)4-3-27-30(24,25)26/h1-2,5H,3-4H2,(H,16,17,18)(H,21,22,23)(H,24,25,26). The molecule has 0 fully saturated rings. The number of nitrogens with zero attached hydrogens (tertiary/aromatic N) is 2. The molecule has 0 atom stereocenters. The van der Waals surface area contributed by atoms with Crippen LogP contribution in [-0.4, -0.2) is 56.7 Å². The maximum Gasteiger partial charge on any atom is 0.397 e. The van der Waals surface area contributed by atoms with Crippen LogP contribution in [0.5, 0.6) is 0 Å². The molecule has 2 rings (SSSR count). The van der Waals surface area contributed by atoms with Gasteiger partial charge in [-0.05, 0) is 18.2 Å². The van der Waals surface area contributed by atoms with Crippen LogP contribution in [0.1, 0.15) is 0 Å². The number of nitrogens with one attached hydrogen (secondary N) is 1. The van der Waals surface area contributed by atoms with Gasteiger partial charge < -0.3 is 5.32 Å². The molecule has 18 heteroatoms. The fourth-order valence-corrected chi connectivity index (χ4v) is 4.68. The minimum absolute atomic E-state index is 0.160. The van der Waals surface area contributed by atoms with E-state index in [2.05, 4.69) is 19.5 Å². The Bertz CT molecular complexity index is 1280. The molecule has 12 nitrogen and oxygen atoms in total. The summed E-state index contributed by atoms with van der Waals surface area (Å²) in [4.78, 5) is 5.98. The molecular formula is C12H10Cl3N3O9S3. The van der Waals surface area contributed by atoms with Crippen molar-refractivity contribution in [2.45, 2.75) is 9.79 Å². The summed E-state index contributed by atoms with van der Waals surface area (Å²) in [5, 5.41) is 1.73. The van der Waals surface area contributed by atoms with E-state index in [9.17, 15) is 29.8 Å². The summed E-state index contributed by atoms with van der Waals surface area (Å²) < 4.78 is 90.9. The van der Waals surface area contributed by atoms with Crippen molar-refractivity contribution in [3.63, 3.8) is 0 Å². The minimum Gasteiger partial charge on any atom is -0.323 e. The smallest absolute Gasteiger partial charge is 0.323 e. The highest BCUT2D eigenvalue weighted by Gasteiger charge is 2.23. The Labute approximate surface area is 185 Å². The third kappa shape index (κ3) is 6.60. The van der Waals surface area contributed by atoms with Crippen LogP contribution in [-0.2, 0) is 34.5 Å². The fourth-order valence-electron chi connectivity index (χ4n) is 1.95. The van der Waals surface area contributed by atoms with Gasteiger partial charge in [0.1, 0.15) is 9.92 Å². The number of aromatic nitrogens is 2. The molecule has 0 radical (unpaired) electrons. The summed E-state index contributed by atoms with van der Waals surface area (Å²) >= 11 is 17.2. The number of sulfone groups is 1. The largest absolute Gasteiger partial charge is 0.397 e. The van der Waals surface area contributed by atoms with Crippen LogP contribution in [0, 0.1) is 0 Å². The van der Waals surface area contributed by atoms with E-state index >= 15 is 0 Å². The van der Waals surface area contributed by atoms with Crippen LogP contribution in [0.2, 0.25) is 15.3 Å². The predicted octanol–water partition coefficient (Wildman–Crippen LogP) is 2.02. The average Bonchev–Trinajstić information content (AvgIpc) is 2.57. The molecule has 166 valence electrons. The number of benzene rings is 1. The lowest BCUT2D eigenvalue weighted by Gasteiger charge is -2.12. The van der Waals surface area contributed by atoms with Gasteiger partial charge in [-0.1, -0.05) is 34.8 Å². The van der Waals surface area contributed by atoms with Gasteiger partial charge in [0, 0.05) is 0 Å². The molecule has 0 unspecified atom stereocenters. The first-order valence-corrected chi connectivity index (χ1v) is 12.8. The van der Waals surface area contributed by atoms with E-state index < -0.39 is 52.5 Å². The number of rotatable bonds is 8. The first-order chi connectivity index (χ1) is 13.6. The highest BCUT2D eigenvalue weighted by atomic mass is 35.5. The molecule has 1 heterocycles. The summed E-state index contributed by atoms with van der Waals surface area (Å²) in [6.07, 6.45) is 0. The Kier molecular flexibility index (Phi) is 7.53. The van der Waals surface area contributed by atoms with Crippen LogP contribution in [0.25, 0.3) is 0 Å². The zero-order valence-corrected chi connectivity index (χ0v) is 18.9. The van der Waals surface area contributed by atoms with Gasteiger partial charge in [-0.15, -0.1) is 0 Å². The van der Waals surface area contributed by atoms with Crippen LogP contribution >= 0.6 is 34.8 Å². The number of hydrogen-bond acceptors (Lipinski definition) is 10. The molecule has 30 heavy (non-hydrogen) atoms. The topological polar surface area (TPSA) is 190 Å². The van der Waals surface area contributed by atoms with Crippen molar-refractivity contribution in [3.05, 3.63) is 33.5 Å². The SMILES string of the molecule is O=S(=O)(O)OCCS(=O)(=O)c1ccc(Nc2nc(Cl)c(Cl)c(Cl)n2)c(S(=O)(=O)O)c1. The van der Waals surface area contributed by atoms with Crippen molar-refractivity contribution in [2.75, 3.05) is 17.7 Å². The molecule has 1 aromatic heterocycles. The van der Waals surface area contributed by atoms with Crippen LogP contribution in [0.15, 0.2) is 28.0 Å².